The predicted octanol–water partition coefficient (Wildman–Crippen LogP) is 5.14. The fraction of sp³-hybridized carbons (Fsp3) is 1.00. The normalized spacial score (nSPS) is 25.0. The first-order valence-corrected chi connectivity index (χ1v) is 10.3. The van der Waals surface area contributed by atoms with Gasteiger partial charge in [0.25, 0.3) is 0 Å². The van der Waals surface area contributed by atoms with Gasteiger partial charge in [0.1, 0.15) is 0 Å². The summed E-state index contributed by atoms with van der Waals surface area (Å²) in [5.41, 5.74) is 0. The van der Waals surface area contributed by atoms with Crippen LogP contribution in [0, 0.1) is 23.7 Å². The van der Waals surface area contributed by atoms with Crippen LogP contribution in [0.4, 0.5) is 0 Å². The van der Waals surface area contributed by atoms with Crippen molar-refractivity contribution >= 4 is 0 Å². The van der Waals surface area contributed by atoms with Gasteiger partial charge in [0.2, 0.25) is 0 Å². The maximum atomic E-state index is 2.62. The van der Waals surface area contributed by atoms with Gasteiger partial charge >= 0.3 is 0 Å². The Morgan fingerprint density at radius 1 is 0.783 bits per heavy atom. The molecule has 1 unspecified atom stereocenters. The Morgan fingerprint density at radius 3 is 1.78 bits per heavy atom. The summed E-state index contributed by atoms with van der Waals surface area (Å²) in [4.78, 5) is 5.17. The van der Waals surface area contributed by atoms with Crippen LogP contribution in [0.2, 0.25) is 0 Å². The van der Waals surface area contributed by atoms with Crippen LogP contribution >= 0.6 is 0 Å². The molecule has 0 aromatic heterocycles. The van der Waals surface area contributed by atoms with Gasteiger partial charge in [-0.1, -0.05) is 34.6 Å². The Balaban J connectivity index is 0.000000231. The molecule has 0 bridgehead atoms. The summed E-state index contributed by atoms with van der Waals surface area (Å²) in [6, 6.07) is 0.742. The van der Waals surface area contributed by atoms with Gasteiger partial charge in [-0.3, -0.25) is 0 Å². The third kappa shape index (κ3) is 7.56. The van der Waals surface area contributed by atoms with Crippen molar-refractivity contribution in [3.05, 3.63) is 0 Å². The smallest absolute Gasteiger partial charge is 0.00387 e. The van der Waals surface area contributed by atoms with E-state index in [0.717, 1.165) is 29.7 Å². The van der Waals surface area contributed by atoms with Crippen LogP contribution in [-0.2, 0) is 0 Å². The van der Waals surface area contributed by atoms with Gasteiger partial charge in [0.05, 0.1) is 0 Å². The maximum Gasteiger partial charge on any atom is 0.00387 e. The van der Waals surface area contributed by atoms with Gasteiger partial charge in [-0.2, -0.15) is 0 Å². The van der Waals surface area contributed by atoms with E-state index in [-0.39, 0.29) is 0 Å². The topological polar surface area (TPSA) is 6.48 Å². The molecule has 0 amide bonds. The lowest BCUT2D eigenvalue weighted by Gasteiger charge is -2.37. The summed E-state index contributed by atoms with van der Waals surface area (Å²) < 4.78 is 0. The summed E-state index contributed by atoms with van der Waals surface area (Å²) in [5.74, 6) is 3.71. The highest BCUT2D eigenvalue weighted by Crippen LogP contribution is 2.25. The van der Waals surface area contributed by atoms with Gasteiger partial charge in [0, 0.05) is 12.6 Å². The zero-order valence-corrected chi connectivity index (χ0v) is 17.1. The van der Waals surface area contributed by atoms with E-state index < -0.39 is 0 Å². The van der Waals surface area contributed by atoms with Gasteiger partial charge in [0.15, 0.2) is 0 Å². The molecule has 138 valence electrons. The van der Waals surface area contributed by atoms with Crippen LogP contribution < -0.4 is 0 Å². The first kappa shape index (κ1) is 21.0. The fourth-order valence-corrected chi connectivity index (χ4v) is 3.99. The van der Waals surface area contributed by atoms with Gasteiger partial charge in [-0.15, -0.1) is 0 Å². The molecular formula is C21H44N2. The lowest BCUT2D eigenvalue weighted by atomic mass is 9.87. The maximum absolute atomic E-state index is 2.62. The SMILES string of the molecule is CC(C)C1CCCN(C(C)C)C1.CCN1CCC(C(C)C)CC1. The Kier molecular flexibility index (Phi) is 9.77. The molecule has 2 heteroatoms. The third-order valence-corrected chi connectivity index (χ3v) is 6.18. The van der Waals surface area contributed by atoms with Crippen molar-refractivity contribution in [1.82, 2.24) is 9.80 Å². The van der Waals surface area contributed by atoms with Crippen LogP contribution in [-0.4, -0.2) is 48.6 Å². The molecule has 0 aliphatic carbocycles. The molecule has 2 rings (SSSR count). The van der Waals surface area contributed by atoms with Crippen LogP contribution in [0.3, 0.4) is 0 Å². The molecule has 2 nitrogen and oxygen atoms in total. The molecule has 0 aromatic rings. The number of piperidine rings is 2. The Labute approximate surface area is 147 Å². The van der Waals surface area contributed by atoms with Crippen molar-refractivity contribution in [3.8, 4) is 0 Å². The van der Waals surface area contributed by atoms with Crippen molar-refractivity contribution in [2.75, 3.05) is 32.7 Å². The summed E-state index contributed by atoms with van der Waals surface area (Å²) in [7, 11) is 0. The lowest BCUT2D eigenvalue weighted by molar-refractivity contribution is 0.117. The van der Waals surface area contributed by atoms with Crippen molar-refractivity contribution < 1.29 is 0 Å². The van der Waals surface area contributed by atoms with Crippen molar-refractivity contribution in [3.63, 3.8) is 0 Å². The average molecular weight is 325 g/mol. The lowest BCUT2D eigenvalue weighted by Crippen LogP contribution is -2.41. The molecule has 0 N–H and O–H groups in total. The van der Waals surface area contributed by atoms with Gasteiger partial charge in [-0.05, 0) is 89.4 Å². The average Bonchev–Trinajstić information content (AvgIpc) is 2.55. The van der Waals surface area contributed by atoms with Crippen molar-refractivity contribution in [1.29, 1.82) is 0 Å². The van der Waals surface area contributed by atoms with E-state index in [2.05, 4.69) is 58.3 Å². The molecule has 2 aliphatic rings. The highest BCUT2D eigenvalue weighted by molar-refractivity contribution is 4.76. The number of likely N-dealkylation sites (tertiary alicyclic amines) is 2. The van der Waals surface area contributed by atoms with Crippen molar-refractivity contribution in [2.45, 2.75) is 80.2 Å². The number of nitrogens with zero attached hydrogens (tertiary/aromatic N) is 2. The second-order valence-corrected chi connectivity index (χ2v) is 8.75. The van der Waals surface area contributed by atoms with Gasteiger partial charge < -0.3 is 9.80 Å². The van der Waals surface area contributed by atoms with E-state index in [1.165, 1.54) is 58.4 Å². The monoisotopic (exact) mass is 324 g/mol. The number of hydrogen-bond acceptors (Lipinski definition) is 2. The molecule has 1 atom stereocenters. The van der Waals surface area contributed by atoms with E-state index in [4.69, 9.17) is 0 Å². The van der Waals surface area contributed by atoms with E-state index in [9.17, 15) is 0 Å². The third-order valence-electron chi connectivity index (χ3n) is 6.18. The molecule has 0 spiro atoms. The standard InChI is InChI=1S/C11H23N.C10H21N/c1-9(2)11-6-5-7-12(8-11)10(3)4;1-4-11-7-5-10(6-8-11)9(2)3/h9-11H,5-8H2,1-4H3;9-10H,4-8H2,1-3H3. The Hall–Kier alpha value is -0.0800. The summed E-state index contributed by atoms with van der Waals surface area (Å²) >= 11 is 0. The van der Waals surface area contributed by atoms with Crippen LogP contribution in [0.15, 0.2) is 0 Å². The van der Waals surface area contributed by atoms with Gasteiger partial charge in [-0.25, -0.2) is 0 Å². The fourth-order valence-electron chi connectivity index (χ4n) is 3.99. The minimum Gasteiger partial charge on any atom is -0.304 e. The van der Waals surface area contributed by atoms with E-state index in [1.807, 2.05) is 0 Å². The Bertz CT molecular complexity index is 276. The highest BCUT2D eigenvalue weighted by Gasteiger charge is 2.23. The summed E-state index contributed by atoms with van der Waals surface area (Å²) in [6.07, 6.45) is 5.69. The quantitative estimate of drug-likeness (QED) is 0.706. The second-order valence-electron chi connectivity index (χ2n) is 8.75. The Morgan fingerprint density at radius 2 is 1.35 bits per heavy atom. The van der Waals surface area contributed by atoms with E-state index >= 15 is 0 Å². The minimum absolute atomic E-state index is 0.742. The minimum atomic E-state index is 0.742. The largest absolute Gasteiger partial charge is 0.304 e. The molecule has 2 fully saturated rings. The van der Waals surface area contributed by atoms with Crippen LogP contribution in [0.1, 0.15) is 74.1 Å². The molecular weight excluding hydrogens is 280 g/mol. The van der Waals surface area contributed by atoms with E-state index in [0.29, 0.717) is 0 Å². The molecule has 2 heterocycles. The highest BCUT2D eigenvalue weighted by atomic mass is 15.2. The van der Waals surface area contributed by atoms with E-state index in [1.54, 1.807) is 0 Å². The molecule has 2 aliphatic heterocycles. The molecule has 23 heavy (non-hydrogen) atoms. The molecule has 0 saturated carbocycles. The van der Waals surface area contributed by atoms with Crippen LogP contribution in [0.25, 0.3) is 0 Å². The number of hydrogen-bond donors (Lipinski definition) is 0. The van der Waals surface area contributed by atoms with Crippen LogP contribution in [0.5, 0.6) is 0 Å². The molecule has 0 aromatic carbocycles. The van der Waals surface area contributed by atoms with Crippen molar-refractivity contribution in [2.24, 2.45) is 23.7 Å². The zero-order valence-electron chi connectivity index (χ0n) is 17.1. The summed E-state index contributed by atoms with van der Waals surface area (Å²) in [6.45, 7) is 22.8. The first-order chi connectivity index (χ1) is 10.8. The number of rotatable bonds is 4. The second kappa shape index (κ2) is 10.7. The predicted molar refractivity (Wildman–Crippen MR) is 104 cm³/mol. The first-order valence-electron chi connectivity index (χ1n) is 10.3. The zero-order chi connectivity index (χ0) is 17.4. The summed E-state index contributed by atoms with van der Waals surface area (Å²) in [5, 5.41) is 0. The molecule has 0 radical (unpaired) electrons. The molecule has 2 saturated heterocycles.